The number of hydrogen-bond acceptors (Lipinski definition) is 6. The maximum absolute atomic E-state index is 12.5. The Hall–Kier alpha value is -2.94. The van der Waals surface area contributed by atoms with Gasteiger partial charge >= 0.3 is 0 Å². The predicted octanol–water partition coefficient (Wildman–Crippen LogP) is 0.888. The number of fused-ring (bicyclic) bond motifs is 1. The van der Waals surface area contributed by atoms with Crippen LogP contribution in [0.1, 0.15) is 23.7 Å². The van der Waals surface area contributed by atoms with Crippen LogP contribution >= 0.6 is 0 Å². The molecule has 9 nitrogen and oxygen atoms in total. The zero-order valence-electron chi connectivity index (χ0n) is 15.4. The van der Waals surface area contributed by atoms with Crippen LogP contribution in [0.3, 0.4) is 0 Å². The maximum atomic E-state index is 12.5. The van der Waals surface area contributed by atoms with Crippen molar-refractivity contribution in [3.05, 3.63) is 30.6 Å². The van der Waals surface area contributed by atoms with Gasteiger partial charge in [0.2, 0.25) is 11.8 Å². The third kappa shape index (κ3) is 4.25. The second-order valence-corrected chi connectivity index (χ2v) is 6.45. The van der Waals surface area contributed by atoms with Gasteiger partial charge in [0.25, 0.3) is 5.91 Å². The van der Waals surface area contributed by atoms with Gasteiger partial charge in [-0.3, -0.25) is 9.59 Å². The monoisotopic (exact) mass is 373 g/mol. The normalized spacial score (nSPS) is 17.7. The number of aromatic nitrogens is 3. The van der Waals surface area contributed by atoms with Crippen LogP contribution in [-0.2, 0) is 9.53 Å². The Morgan fingerprint density at radius 2 is 2.37 bits per heavy atom. The molecule has 2 atom stereocenters. The number of methoxy groups -OCH3 is 1. The van der Waals surface area contributed by atoms with Gasteiger partial charge in [-0.15, -0.1) is 0 Å². The average Bonchev–Trinajstić information content (AvgIpc) is 3.28. The van der Waals surface area contributed by atoms with E-state index in [1.807, 2.05) is 6.92 Å². The molecule has 1 fully saturated rings. The summed E-state index contributed by atoms with van der Waals surface area (Å²) >= 11 is 0. The van der Waals surface area contributed by atoms with Crippen molar-refractivity contribution in [3.8, 4) is 5.88 Å². The molecule has 2 N–H and O–H groups in total. The van der Waals surface area contributed by atoms with Crippen LogP contribution in [-0.4, -0.2) is 70.6 Å². The third-order valence-electron chi connectivity index (χ3n) is 4.32. The zero-order chi connectivity index (χ0) is 19.4. The molecule has 3 rings (SSSR count). The number of nitrogens with zero attached hydrogens (tertiary/aromatic N) is 3. The van der Waals surface area contributed by atoms with Crippen LogP contribution in [0.5, 0.6) is 5.88 Å². The lowest BCUT2D eigenvalue weighted by molar-refractivity contribution is -0.125. The second kappa shape index (κ2) is 8.17. The molecular formula is C18H23N5O4. The van der Waals surface area contributed by atoms with E-state index in [-0.39, 0.29) is 24.0 Å². The molecule has 2 aromatic heterocycles. The summed E-state index contributed by atoms with van der Waals surface area (Å²) in [6.07, 6.45) is 4.91. The van der Waals surface area contributed by atoms with Crippen LogP contribution in [0.25, 0.3) is 11.2 Å². The molecule has 0 spiro atoms. The molecular weight excluding hydrogens is 350 g/mol. The fraction of sp³-hybridized carbons (Fsp3) is 0.444. The molecule has 1 aliphatic heterocycles. The first-order chi connectivity index (χ1) is 13.0. The fourth-order valence-electron chi connectivity index (χ4n) is 3.02. The molecule has 2 amide bonds. The summed E-state index contributed by atoms with van der Waals surface area (Å²) in [6.45, 7) is 6.85. The number of carbonyl (C=O) groups excluding carboxylic acids is 2. The maximum Gasteiger partial charge on any atom is 0.255 e. The quantitative estimate of drug-likeness (QED) is 0.698. The van der Waals surface area contributed by atoms with E-state index in [1.165, 1.54) is 12.3 Å². The van der Waals surface area contributed by atoms with Gasteiger partial charge in [0.15, 0.2) is 5.65 Å². The number of likely N-dealkylation sites (tertiary alicyclic amines) is 1. The SMILES string of the molecule is C=CC(=O)N1CC[C@@H](Oc2cnc3[nH]cc(C(=O)N[C@@H](C)COC)c3n2)C1. The van der Waals surface area contributed by atoms with Gasteiger partial charge in [0, 0.05) is 32.3 Å². The van der Waals surface area contributed by atoms with E-state index in [0.717, 1.165) is 0 Å². The van der Waals surface area contributed by atoms with Gasteiger partial charge in [-0.05, 0) is 13.0 Å². The highest BCUT2D eigenvalue weighted by atomic mass is 16.5. The van der Waals surface area contributed by atoms with Gasteiger partial charge in [-0.2, -0.15) is 0 Å². The zero-order valence-corrected chi connectivity index (χ0v) is 15.4. The highest BCUT2D eigenvalue weighted by Crippen LogP contribution is 2.21. The topological polar surface area (TPSA) is 109 Å². The molecule has 9 heteroatoms. The highest BCUT2D eigenvalue weighted by molar-refractivity contribution is 6.04. The van der Waals surface area contributed by atoms with Crippen LogP contribution in [0.15, 0.2) is 25.0 Å². The summed E-state index contributed by atoms with van der Waals surface area (Å²) in [5.74, 6) is -0.0581. The van der Waals surface area contributed by atoms with Crippen molar-refractivity contribution in [3.63, 3.8) is 0 Å². The fourth-order valence-corrected chi connectivity index (χ4v) is 3.02. The number of nitrogens with one attached hydrogen (secondary N) is 2. The van der Waals surface area contributed by atoms with Gasteiger partial charge in [0.1, 0.15) is 11.6 Å². The largest absolute Gasteiger partial charge is 0.471 e. The Morgan fingerprint density at radius 3 is 3.11 bits per heavy atom. The standard InChI is InChI=1S/C18H23N5O4/c1-4-15(24)23-6-5-12(9-23)27-14-8-20-17-16(22-14)13(7-19-17)18(25)21-11(2)10-26-3/h4,7-8,11-12H,1,5-6,9-10H2,2-3H3,(H,19,20)(H,21,25)/t11-,12+/m0/s1. The lowest BCUT2D eigenvalue weighted by Crippen LogP contribution is -2.35. The summed E-state index contributed by atoms with van der Waals surface area (Å²) in [7, 11) is 1.58. The number of rotatable bonds is 7. The summed E-state index contributed by atoms with van der Waals surface area (Å²) < 4.78 is 10.9. The van der Waals surface area contributed by atoms with E-state index >= 15 is 0 Å². The minimum absolute atomic E-state index is 0.114. The molecule has 3 heterocycles. The van der Waals surface area contributed by atoms with E-state index in [4.69, 9.17) is 9.47 Å². The third-order valence-corrected chi connectivity index (χ3v) is 4.32. The van der Waals surface area contributed by atoms with E-state index in [2.05, 4.69) is 26.8 Å². The highest BCUT2D eigenvalue weighted by Gasteiger charge is 2.27. The Labute approximate surface area is 156 Å². The van der Waals surface area contributed by atoms with Gasteiger partial charge < -0.3 is 24.7 Å². The molecule has 1 aliphatic rings. The number of amides is 2. The first-order valence-corrected chi connectivity index (χ1v) is 8.73. The minimum Gasteiger partial charge on any atom is -0.471 e. The van der Waals surface area contributed by atoms with Crippen LogP contribution in [0.4, 0.5) is 0 Å². The Bertz CT molecular complexity index is 849. The molecule has 0 unspecified atom stereocenters. The summed E-state index contributed by atoms with van der Waals surface area (Å²) in [5, 5.41) is 2.85. The Morgan fingerprint density at radius 1 is 1.56 bits per heavy atom. The lowest BCUT2D eigenvalue weighted by atomic mass is 10.2. The van der Waals surface area contributed by atoms with Crippen molar-refractivity contribution in [2.24, 2.45) is 0 Å². The molecule has 2 aromatic rings. The Kier molecular flexibility index (Phi) is 5.70. The Balaban J connectivity index is 1.72. The molecule has 0 bridgehead atoms. The van der Waals surface area contributed by atoms with Crippen molar-refractivity contribution in [1.29, 1.82) is 0 Å². The number of aromatic amines is 1. The van der Waals surface area contributed by atoms with E-state index in [9.17, 15) is 9.59 Å². The molecule has 144 valence electrons. The van der Waals surface area contributed by atoms with E-state index in [0.29, 0.717) is 48.7 Å². The minimum atomic E-state index is -0.263. The number of hydrogen-bond donors (Lipinski definition) is 2. The molecule has 1 saturated heterocycles. The van der Waals surface area contributed by atoms with Crippen molar-refractivity contribution in [2.45, 2.75) is 25.5 Å². The summed E-state index contributed by atoms with van der Waals surface area (Å²) in [4.78, 5) is 37.5. The molecule has 0 radical (unpaired) electrons. The van der Waals surface area contributed by atoms with Crippen LogP contribution < -0.4 is 10.1 Å². The molecule has 0 aromatic carbocycles. The van der Waals surface area contributed by atoms with Crippen molar-refractivity contribution >= 4 is 23.0 Å². The first kappa shape index (κ1) is 18.8. The molecule has 27 heavy (non-hydrogen) atoms. The van der Waals surface area contributed by atoms with Crippen molar-refractivity contribution < 1.29 is 19.1 Å². The number of carbonyl (C=O) groups is 2. The smallest absolute Gasteiger partial charge is 0.255 e. The van der Waals surface area contributed by atoms with Crippen molar-refractivity contribution in [1.82, 2.24) is 25.2 Å². The van der Waals surface area contributed by atoms with Crippen LogP contribution in [0, 0.1) is 0 Å². The number of H-pyrrole nitrogens is 1. The van der Waals surface area contributed by atoms with Gasteiger partial charge in [-0.1, -0.05) is 6.58 Å². The molecule has 0 aliphatic carbocycles. The predicted molar refractivity (Wildman–Crippen MR) is 98.5 cm³/mol. The second-order valence-electron chi connectivity index (χ2n) is 6.45. The van der Waals surface area contributed by atoms with E-state index in [1.54, 1.807) is 18.2 Å². The van der Waals surface area contributed by atoms with Crippen LogP contribution in [0.2, 0.25) is 0 Å². The lowest BCUT2D eigenvalue weighted by Gasteiger charge is -2.15. The average molecular weight is 373 g/mol. The van der Waals surface area contributed by atoms with Gasteiger partial charge in [-0.25, -0.2) is 9.97 Å². The summed E-state index contributed by atoms with van der Waals surface area (Å²) in [5.41, 5.74) is 1.33. The van der Waals surface area contributed by atoms with Gasteiger partial charge in [0.05, 0.1) is 24.9 Å². The summed E-state index contributed by atoms with van der Waals surface area (Å²) in [6, 6.07) is -0.133. The van der Waals surface area contributed by atoms with E-state index < -0.39 is 0 Å². The molecule has 0 saturated carbocycles. The van der Waals surface area contributed by atoms with Crippen molar-refractivity contribution in [2.75, 3.05) is 26.8 Å². The first-order valence-electron chi connectivity index (χ1n) is 8.73. The number of ether oxygens (including phenoxy) is 2.